The molecule has 0 aromatic heterocycles. The largest absolute Gasteiger partial charge is 0.478 e. The van der Waals surface area contributed by atoms with Crippen molar-refractivity contribution >= 4 is 21.9 Å². The molecule has 2 fully saturated rings. The number of carboxylic acids is 1. The van der Waals surface area contributed by atoms with Crippen molar-refractivity contribution in [3.05, 3.63) is 29.8 Å². The predicted octanol–water partition coefficient (Wildman–Crippen LogP) is 2.18. The van der Waals surface area contributed by atoms with E-state index in [9.17, 15) is 23.1 Å². The van der Waals surface area contributed by atoms with Gasteiger partial charge in [0.2, 0.25) is 15.9 Å². The van der Waals surface area contributed by atoms with Crippen LogP contribution in [0.1, 0.15) is 49.9 Å². The monoisotopic (exact) mass is 394 g/mol. The molecule has 2 unspecified atom stereocenters. The minimum Gasteiger partial charge on any atom is -0.478 e. The van der Waals surface area contributed by atoms with Gasteiger partial charge in [0.15, 0.2) is 0 Å². The van der Waals surface area contributed by atoms with Crippen molar-refractivity contribution in [3.8, 4) is 0 Å². The predicted molar refractivity (Wildman–Crippen MR) is 99.9 cm³/mol. The van der Waals surface area contributed by atoms with Crippen LogP contribution < -0.4 is 0 Å². The third-order valence-electron chi connectivity index (χ3n) is 5.74. The molecule has 0 bridgehead atoms. The lowest BCUT2D eigenvalue weighted by atomic mass is 9.96. The number of sulfonamides is 1. The maximum atomic E-state index is 12.9. The number of benzene rings is 1. The summed E-state index contributed by atoms with van der Waals surface area (Å²) in [4.78, 5) is 26.0. The van der Waals surface area contributed by atoms with E-state index in [0.717, 1.165) is 12.8 Å². The van der Waals surface area contributed by atoms with E-state index in [1.165, 1.54) is 28.6 Å². The fourth-order valence-corrected chi connectivity index (χ4v) is 5.84. The number of carbonyl (C=O) groups excluding carboxylic acids is 1. The van der Waals surface area contributed by atoms with Crippen molar-refractivity contribution in [3.63, 3.8) is 0 Å². The van der Waals surface area contributed by atoms with Gasteiger partial charge in [-0.15, -0.1) is 0 Å². The Labute approximate surface area is 160 Å². The zero-order chi connectivity index (χ0) is 19.8. The number of carbonyl (C=O) groups is 2. The first-order chi connectivity index (χ1) is 12.7. The summed E-state index contributed by atoms with van der Waals surface area (Å²) in [6, 6.07) is 6.11. The Kier molecular flexibility index (Phi) is 5.58. The molecule has 0 radical (unpaired) electrons. The lowest BCUT2D eigenvalue weighted by Gasteiger charge is -2.35. The van der Waals surface area contributed by atoms with Crippen LogP contribution in [0.4, 0.5) is 0 Å². The molecule has 27 heavy (non-hydrogen) atoms. The van der Waals surface area contributed by atoms with E-state index in [0.29, 0.717) is 12.8 Å². The van der Waals surface area contributed by atoms with Gasteiger partial charge in [-0.25, -0.2) is 13.2 Å². The Morgan fingerprint density at radius 1 is 1.00 bits per heavy atom. The summed E-state index contributed by atoms with van der Waals surface area (Å²) in [5.74, 6) is -1.32. The van der Waals surface area contributed by atoms with E-state index in [4.69, 9.17) is 0 Å². The molecule has 0 aliphatic carbocycles. The standard InChI is InChI=1S/C19H26N2O5S/c1-13-7-8-14(2)21(13)18(22)15-9-11-20(12-10-15)27(25,26)17-6-4-3-5-16(17)19(23)24/h3-6,13-15H,7-12H2,1-2H3,(H,23,24). The molecular formula is C19H26N2O5S. The summed E-state index contributed by atoms with van der Waals surface area (Å²) in [6.07, 6.45) is 2.94. The number of aromatic carboxylic acids is 1. The Bertz CT molecular complexity index is 820. The van der Waals surface area contributed by atoms with Crippen molar-refractivity contribution in [2.24, 2.45) is 5.92 Å². The Morgan fingerprint density at radius 3 is 2.11 bits per heavy atom. The molecule has 2 aliphatic heterocycles. The highest BCUT2D eigenvalue weighted by Gasteiger charge is 2.39. The van der Waals surface area contributed by atoms with E-state index < -0.39 is 16.0 Å². The smallest absolute Gasteiger partial charge is 0.337 e. The highest BCUT2D eigenvalue weighted by atomic mass is 32.2. The second-order valence-electron chi connectivity index (χ2n) is 7.50. The third-order valence-corrected chi connectivity index (χ3v) is 7.70. The quantitative estimate of drug-likeness (QED) is 0.845. The fourth-order valence-electron chi connectivity index (χ4n) is 4.19. The van der Waals surface area contributed by atoms with Gasteiger partial charge in [-0.1, -0.05) is 12.1 Å². The van der Waals surface area contributed by atoms with Gasteiger partial charge < -0.3 is 10.0 Å². The summed E-state index contributed by atoms with van der Waals surface area (Å²) in [7, 11) is -3.90. The zero-order valence-electron chi connectivity index (χ0n) is 15.7. The van der Waals surface area contributed by atoms with Crippen LogP contribution in [-0.2, 0) is 14.8 Å². The topological polar surface area (TPSA) is 95.0 Å². The van der Waals surface area contributed by atoms with E-state index in [2.05, 4.69) is 13.8 Å². The van der Waals surface area contributed by atoms with Crippen LogP contribution in [0, 0.1) is 5.92 Å². The van der Waals surface area contributed by atoms with E-state index in [1.807, 2.05) is 4.90 Å². The molecule has 1 aromatic rings. The van der Waals surface area contributed by atoms with Gasteiger partial charge in [0.1, 0.15) is 0 Å². The molecule has 7 nitrogen and oxygen atoms in total. The average Bonchev–Trinajstić information content (AvgIpc) is 2.99. The number of likely N-dealkylation sites (tertiary alicyclic amines) is 1. The maximum absolute atomic E-state index is 12.9. The van der Waals surface area contributed by atoms with Crippen LogP contribution in [-0.4, -0.2) is 59.8 Å². The number of nitrogens with zero attached hydrogens (tertiary/aromatic N) is 2. The van der Waals surface area contributed by atoms with Crippen LogP contribution >= 0.6 is 0 Å². The SMILES string of the molecule is CC1CCC(C)N1C(=O)C1CCN(S(=O)(=O)c2ccccc2C(=O)O)CC1. The van der Waals surface area contributed by atoms with Gasteiger partial charge in [0.25, 0.3) is 0 Å². The fraction of sp³-hybridized carbons (Fsp3) is 0.579. The number of piperidine rings is 1. The van der Waals surface area contributed by atoms with Crippen molar-refractivity contribution in [2.45, 2.75) is 56.5 Å². The summed E-state index contributed by atoms with van der Waals surface area (Å²) in [6.45, 7) is 4.57. The number of hydrogen-bond donors (Lipinski definition) is 1. The summed E-state index contributed by atoms with van der Waals surface area (Å²) >= 11 is 0. The van der Waals surface area contributed by atoms with Gasteiger partial charge in [-0.3, -0.25) is 4.79 Å². The molecule has 2 saturated heterocycles. The minimum absolute atomic E-state index is 0.121. The van der Waals surface area contributed by atoms with Crippen molar-refractivity contribution < 1.29 is 23.1 Å². The molecule has 1 aromatic carbocycles. The van der Waals surface area contributed by atoms with E-state index in [1.54, 1.807) is 0 Å². The van der Waals surface area contributed by atoms with Gasteiger partial charge >= 0.3 is 5.97 Å². The molecule has 3 rings (SSSR count). The second-order valence-corrected chi connectivity index (χ2v) is 9.41. The lowest BCUT2D eigenvalue weighted by Crippen LogP contribution is -2.47. The first kappa shape index (κ1) is 19.8. The highest BCUT2D eigenvalue weighted by molar-refractivity contribution is 7.89. The second kappa shape index (κ2) is 7.59. The molecule has 2 heterocycles. The highest BCUT2D eigenvalue weighted by Crippen LogP contribution is 2.31. The Balaban J connectivity index is 1.72. The zero-order valence-corrected chi connectivity index (χ0v) is 16.5. The van der Waals surface area contributed by atoms with Crippen LogP contribution in [0.3, 0.4) is 0 Å². The van der Waals surface area contributed by atoms with Gasteiger partial charge in [0, 0.05) is 31.1 Å². The van der Waals surface area contributed by atoms with Crippen LogP contribution in [0.15, 0.2) is 29.2 Å². The van der Waals surface area contributed by atoms with Crippen LogP contribution in [0.25, 0.3) is 0 Å². The molecule has 0 saturated carbocycles. The third kappa shape index (κ3) is 3.73. The molecule has 2 atom stereocenters. The first-order valence-corrected chi connectivity index (χ1v) is 10.8. The average molecular weight is 394 g/mol. The molecular weight excluding hydrogens is 368 g/mol. The van der Waals surface area contributed by atoms with Crippen molar-refractivity contribution in [2.75, 3.05) is 13.1 Å². The van der Waals surface area contributed by atoms with Crippen LogP contribution in [0.5, 0.6) is 0 Å². The summed E-state index contributed by atoms with van der Waals surface area (Å²) in [5.41, 5.74) is -0.226. The molecule has 1 N–H and O–H groups in total. The number of hydrogen-bond acceptors (Lipinski definition) is 4. The van der Waals surface area contributed by atoms with Gasteiger partial charge in [-0.2, -0.15) is 4.31 Å². The lowest BCUT2D eigenvalue weighted by molar-refractivity contribution is -0.139. The van der Waals surface area contributed by atoms with E-state index in [-0.39, 0.29) is 47.5 Å². The molecule has 1 amide bonds. The molecule has 2 aliphatic rings. The van der Waals surface area contributed by atoms with Crippen molar-refractivity contribution in [1.82, 2.24) is 9.21 Å². The van der Waals surface area contributed by atoms with Crippen molar-refractivity contribution in [1.29, 1.82) is 0 Å². The first-order valence-electron chi connectivity index (χ1n) is 9.38. The van der Waals surface area contributed by atoms with Crippen LogP contribution in [0.2, 0.25) is 0 Å². The Morgan fingerprint density at radius 2 is 1.56 bits per heavy atom. The van der Waals surface area contributed by atoms with E-state index >= 15 is 0 Å². The molecule has 148 valence electrons. The number of amides is 1. The summed E-state index contributed by atoms with van der Waals surface area (Å²) in [5, 5.41) is 9.28. The Hall–Kier alpha value is -1.93. The minimum atomic E-state index is -3.90. The number of carboxylic acid groups (broad SMARTS) is 1. The maximum Gasteiger partial charge on any atom is 0.337 e. The summed E-state index contributed by atoms with van der Waals surface area (Å²) < 4.78 is 27.1. The van der Waals surface area contributed by atoms with Gasteiger partial charge in [0.05, 0.1) is 10.5 Å². The molecule has 0 spiro atoms. The molecule has 8 heteroatoms. The normalized spacial score (nSPS) is 24.9. The van der Waals surface area contributed by atoms with Gasteiger partial charge in [-0.05, 0) is 51.7 Å². The number of rotatable bonds is 4.